The molecule has 0 fully saturated rings. The lowest BCUT2D eigenvalue weighted by atomic mass is 9.79. The van der Waals surface area contributed by atoms with Gasteiger partial charge >= 0.3 is 0 Å². The number of nitrogens with one attached hydrogen (secondary N) is 1. The Morgan fingerprint density at radius 2 is 1.71 bits per heavy atom. The van der Waals surface area contributed by atoms with Crippen molar-refractivity contribution in [1.82, 2.24) is 15.1 Å². The molecule has 0 radical (unpaired) electrons. The first kappa shape index (κ1) is 26.9. The molecule has 0 bridgehead atoms. The first-order chi connectivity index (χ1) is 16.9. The van der Waals surface area contributed by atoms with Crippen molar-refractivity contribution in [1.29, 1.82) is 0 Å². The number of thioether (sulfide) groups is 1. The standard InChI is InChI=1S/C27H37N3O4S/c1-7-30(8-2)15-9-14-28-26(31)24-20-16-22(33-4)23(34-5)17-21(20)27(32)29(3)25(24)18-10-12-19(35-6)13-11-18/h10-13,16-17,24-25H,7-9,14-15H2,1-6H3,(H,28,31)/t24-,25-/m1/s1. The van der Waals surface area contributed by atoms with Crippen LogP contribution in [0, 0.1) is 0 Å². The van der Waals surface area contributed by atoms with Gasteiger partial charge in [0.2, 0.25) is 5.91 Å². The molecule has 7 nitrogen and oxygen atoms in total. The van der Waals surface area contributed by atoms with Crippen molar-refractivity contribution >= 4 is 23.6 Å². The third kappa shape index (κ3) is 5.76. The fourth-order valence-corrected chi connectivity index (χ4v) is 5.12. The van der Waals surface area contributed by atoms with Gasteiger partial charge in [0.1, 0.15) is 0 Å². The minimum Gasteiger partial charge on any atom is -0.493 e. The molecule has 1 heterocycles. The van der Waals surface area contributed by atoms with Crippen LogP contribution in [0.5, 0.6) is 11.5 Å². The van der Waals surface area contributed by atoms with Crippen LogP contribution in [-0.2, 0) is 4.79 Å². The van der Waals surface area contributed by atoms with Crippen LogP contribution in [0.4, 0.5) is 0 Å². The van der Waals surface area contributed by atoms with Crippen LogP contribution in [0.15, 0.2) is 41.3 Å². The summed E-state index contributed by atoms with van der Waals surface area (Å²) in [7, 11) is 4.86. The first-order valence-corrected chi connectivity index (χ1v) is 13.3. The van der Waals surface area contributed by atoms with Gasteiger partial charge in [0.15, 0.2) is 11.5 Å². The molecule has 2 amide bonds. The van der Waals surface area contributed by atoms with E-state index in [4.69, 9.17) is 9.47 Å². The maximum Gasteiger partial charge on any atom is 0.254 e. The topological polar surface area (TPSA) is 71.1 Å². The summed E-state index contributed by atoms with van der Waals surface area (Å²) in [5, 5.41) is 3.14. The van der Waals surface area contributed by atoms with Crippen LogP contribution in [0.25, 0.3) is 0 Å². The number of amides is 2. The number of hydrogen-bond donors (Lipinski definition) is 1. The van der Waals surface area contributed by atoms with Crippen molar-refractivity contribution in [2.45, 2.75) is 37.1 Å². The monoisotopic (exact) mass is 499 g/mol. The predicted octanol–water partition coefficient (Wildman–Crippen LogP) is 4.18. The highest BCUT2D eigenvalue weighted by Crippen LogP contribution is 2.45. The zero-order valence-electron chi connectivity index (χ0n) is 21.6. The van der Waals surface area contributed by atoms with Gasteiger partial charge in [-0.2, -0.15) is 0 Å². The van der Waals surface area contributed by atoms with Crippen LogP contribution in [0.3, 0.4) is 0 Å². The average molecular weight is 500 g/mol. The van der Waals surface area contributed by atoms with Gasteiger partial charge in [0.05, 0.1) is 26.2 Å². The Balaban J connectivity index is 2.00. The molecule has 1 aliphatic heterocycles. The summed E-state index contributed by atoms with van der Waals surface area (Å²) in [6.45, 7) is 7.76. The summed E-state index contributed by atoms with van der Waals surface area (Å²) in [4.78, 5) is 32.3. The Bertz CT molecular complexity index is 1020. The van der Waals surface area contributed by atoms with Gasteiger partial charge in [0, 0.05) is 24.1 Å². The highest BCUT2D eigenvalue weighted by molar-refractivity contribution is 7.98. The van der Waals surface area contributed by atoms with Gasteiger partial charge in [-0.05, 0) is 67.7 Å². The highest BCUT2D eigenvalue weighted by Gasteiger charge is 2.43. The number of likely N-dealkylation sites (N-methyl/N-ethyl adjacent to an activating group) is 1. The quantitative estimate of drug-likeness (QED) is 0.369. The zero-order valence-corrected chi connectivity index (χ0v) is 22.4. The molecule has 1 N–H and O–H groups in total. The van der Waals surface area contributed by atoms with Crippen molar-refractivity contribution < 1.29 is 19.1 Å². The number of hydrogen-bond acceptors (Lipinski definition) is 6. The molecule has 0 aliphatic carbocycles. The second-order valence-corrected chi connectivity index (χ2v) is 9.46. The third-order valence-corrected chi connectivity index (χ3v) is 7.50. The van der Waals surface area contributed by atoms with Crippen LogP contribution in [-0.4, -0.2) is 75.3 Å². The van der Waals surface area contributed by atoms with E-state index in [-0.39, 0.29) is 11.8 Å². The van der Waals surface area contributed by atoms with Gasteiger partial charge in [-0.3, -0.25) is 9.59 Å². The molecule has 2 atom stereocenters. The summed E-state index contributed by atoms with van der Waals surface area (Å²) in [6.07, 6.45) is 2.89. The zero-order chi connectivity index (χ0) is 25.5. The minimum absolute atomic E-state index is 0.101. The number of ether oxygens (including phenoxy) is 2. The van der Waals surface area contributed by atoms with E-state index in [0.29, 0.717) is 29.2 Å². The molecule has 0 unspecified atom stereocenters. The Hall–Kier alpha value is -2.71. The normalized spacial score (nSPS) is 17.3. The summed E-state index contributed by atoms with van der Waals surface area (Å²) in [5.74, 6) is 0.136. The number of nitrogens with zero attached hydrogens (tertiary/aromatic N) is 2. The molecule has 2 aromatic carbocycles. The van der Waals surface area contributed by atoms with Gasteiger partial charge in [0.25, 0.3) is 5.91 Å². The van der Waals surface area contributed by atoms with E-state index in [0.717, 1.165) is 36.5 Å². The van der Waals surface area contributed by atoms with Crippen molar-refractivity contribution in [2.24, 2.45) is 0 Å². The number of methoxy groups -OCH3 is 2. The summed E-state index contributed by atoms with van der Waals surface area (Å²) in [6, 6.07) is 11.1. The average Bonchev–Trinajstić information content (AvgIpc) is 2.89. The third-order valence-electron chi connectivity index (χ3n) is 6.76. The second-order valence-electron chi connectivity index (χ2n) is 8.58. The van der Waals surface area contributed by atoms with Gasteiger partial charge < -0.3 is 24.6 Å². The van der Waals surface area contributed by atoms with Crippen LogP contribution < -0.4 is 14.8 Å². The molecule has 8 heteroatoms. The fraction of sp³-hybridized carbons (Fsp3) is 0.481. The lowest BCUT2D eigenvalue weighted by Gasteiger charge is -2.40. The van der Waals surface area contributed by atoms with E-state index in [1.807, 2.05) is 30.5 Å². The molecular formula is C27H37N3O4S. The van der Waals surface area contributed by atoms with Crippen LogP contribution in [0.1, 0.15) is 53.7 Å². The van der Waals surface area contributed by atoms with Gasteiger partial charge in [-0.1, -0.05) is 26.0 Å². The minimum atomic E-state index is -0.582. The molecule has 35 heavy (non-hydrogen) atoms. The Kier molecular flexibility index (Phi) is 9.46. The molecule has 0 saturated heterocycles. The smallest absolute Gasteiger partial charge is 0.254 e. The van der Waals surface area contributed by atoms with E-state index in [1.165, 1.54) is 7.11 Å². The van der Waals surface area contributed by atoms with E-state index in [9.17, 15) is 9.59 Å². The summed E-state index contributed by atoms with van der Waals surface area (Å²) in [5.41, 5.74) is 2.04. The molecule has 2 aromatic rings. The number of benzene rings is 2. The van der Waals surface area contributed by atoms with Crippen LogP contribution >= 0.6 is 11.8 Å². The van der Waals surface area contributed by atoms with Crippen molar-refractivity contribution in [2.75, 3.05) is 53.7 Å². The highest BCUT2D eigenvalue weighted by atomic mass is 32.2. The van der Waals surface area contributed by atoms with Crippen molar-refractivity contribution in [3.05, 3.63) is 53.1 Å². The maximum absolute atomic E-state index is 13.7. The SMILES string of the molecule is CCN(CC)CCCNC(=O)[C@@H]1c2cc(OC)c(OC)cc2C(=O)N(C)[C@@H]1c1ccc(SC)cc1. The van der Waals surface area contributed by atoms with Gasteiger partial charge in [-0.25, -0.2) is 0 Å². The number of rotatable bonds is 11. The van der Waals surface area contributed by atoms with Gasteiger partial charge in [-0.15, -0.1) is 11.8 Å². The van der Waals surface area contributed by atoms with Crippen LogP contribution in [0.2, 0.25) is 0 Å². The first-order valence-electron chi connectivity index (χ1n) is 12.1. The number of carbonyl (C=O) groups excluding carboxylic acids is 2. The molecule has 0 aromatic heterocycles. The molecular weight excluding hydrogens is 462 g/mol. The van der Waals surface area contributed by atoms with Crippen molar-refractivity contribution in [3.63, 3.8) is 0 Å². The molecule has 190 valence electrons. The van der Waals surface area contributed by atoms with E-state index < -0.39 is 12.0 Å². The predicted molar refractivity (Wildman–Crippen MR) is 141 cm³/mol. The number of carbonyl (C=O) groups is 2. The van der Waals surface area contributed by atoms with Crippen molar-refractivity contribution in [3.8, 4) is 11.5 Å². The molecule has 3 rings (SSSR count). The Labute approximate surface area is 213 Å². The lowest BCUT2D eigenvalue weighted by Crippen LogP contribution is -2.46. The number of fused-ring (bicyclic) bond motifs is 1. The maximum atomic E-state index is 13.7. The molecule has 0 saturated carbocycles. The van der Waals surface area contributed by atoms with E-state index in [2.05, 4.69) is 24.1 Å². The molecule has 0 spiro atoms. The Morgan fingerprint density at radius 1 is 1.09 bits per heavy atom. The lowest BCUT2D eigenvalue weighted by molar-refractivity contribution is -0.124. The largest absolute Gasteiger partial charge is 0.493 e. The van der Waals surface area contributed by atoms with E-state index in [1.54, 1.807) is 43.0 Å². The summed E-state index contributed by atoms with van der Waals surface area (Å²) >= 11 is 1.66. The Morgan fingerprint density at radius 3 is 2.29 bits per heavy atom. The van der Waals surface area contributed by atoms with E-state index >= 15 is 0 Å². The second kappa shape index (κ2) is 12.3. The fourth-order valence-electron chi connectivity index (χ4n) is 4.71. The molecule has 1 aliphatic rings. The summed E-state index contributed by atoms with van der Waals surface area (Å²) < 4.78 is 11.0.